The van der Waals surface area contributed by atoms with Crippen molar-refractivity contribution in [3.63, 3.8) is 0 Å². The first-order chi connectivity index (χ1) is 7.75. The largest absolute Gasteiger partial charge is 2.00 e. The van der Waals surface area contributed by atoms with E-state index in [0.29, 0.717) is 6.04 Å². The summed E-state index contributed by atoms with van der Waals surface area (Å²) < 4.78 is 0. The van der Waals surface area contributed by atoms with E-state index in [0.717, 1.165) is 0 Å². The minimum Gasteiger partial charge on any atom is -0.305 e. The third-order valence-corrected chi connectivity index (χ3v) is 2.64. The van der Waals surface area contributed by atoms with Crippen LogP contribution in [0.15, 0.2) is 54.6 Å². The Labute approximate surface area is 116 Å². The van der Waals surface area contributed by atoms with Crippen LogP contribution in [0.3, 0.4) is 0 Å². The van der Waals surface area contributed by atoms with Gasteiger partial charge in [0.1, 0.15) is 0 Å². The SMILES string of the molecule is CC[C@H](c1ccc[cH-]1)N(C)C.[Fe+2].c1cc[cH-]c1. The fraction of sp³-hybridized carbons (Fsp3) is 0.333. The summed E-state index contributed by atoms with van der Waals surface area (Å²) in [6, 6.07) is 19.2. The van der Waals surface area contributed by atoms with Crippen molar-refractivity contribution < 1.29 is 17.1 Å². The Morgan fingerprint density at radius 2 is 1.76 bits per heavy atom. The molecule has 0 unspecified atom stereocenters. The molecule has 94 valence electrons. The first kappa shape index (κ1) is 16.2. The van der Waals surface area contributed by atoms with Crippen LogP contribution in [0.5, 0.6) is 0 Å². The Balaban J connectivity index is 0.000000360. The molecule has 2 aromatic carbocycles. The summed E-state index contributed by atoms with van der Waals surface area (Å²) in [5, 5.41) is 0. The molecule has 17 heavy (non-hydrogen) atoms. The Bertz CT molecular complexity index is 318. The molecule has 0 aliphatic carbocycles. The molecule has 0 spiro atoms. The van der Waals surface area contributed by atoms with E-state index in [1.54, 1.807) is 0 Å². The molecule has 0 saturated carbocycles. The van der Waals surface area contributed by atoms with Crippen molar-refractivity contribution in [3.8, 4) is 0 Å². The number of rotatable bonds is 3. The van der Waals surface area contributed by atoms with E-state index < -0.39 is 0 Å². The zero-order chi connectivity index (χ0) is 11.8. The van der Waals surface area contributed by atoms with E-state index in [9.17, 15) is 0 Å². The Kier molecular flexibility index (Phi) is 8.79. The van der Waals surface area contributed by atoms with Crippen LogP contribution >= 0.6 is 0 Å². The average molecular weight is 271 g/mol. The van der Waals surface area contributed by atoms with Gasteiger partial charge in [0.25, 0.3) is 0 Å². The van der Waals surface area contributed by atoms with Crippen molar-refractivity contribution >= 4 is 0 Å². The molecule has 0 saturated heterocycles. The van der Waals surface area contributed by atoms with Gasteiger partial charge in [0, 0.05) is 6.04 Å². The average Bonchev–Trinajstić information content (AvgIpc) is 2.94. The van der Waals surface area contributed by atoms with E-state index in [1.165, 1.54) is 12.0 Å². The molecular weight excluding hydrogens is 250 g/mol. The molecule has 2 aromatic rings. The van der Waals surface area contributed by atoms with Crippen molar-refractivity contribution in [2.24, 2.45) is 0 Å². The van der Waals surface area contributed by atoms with E-state index in [4.69, 9.17) is 0 Å². The van der Waals surface area contributed by atoms with Crippen LogP contribution in [0, 0.1) is 0 Å². The normalized spacial score (nSPS) is 11.3. The van der Waals surface area contributed by atoms with Gasteiger partial charge in [-0.25, -0.2) is 24.3 Å². The zero-order valence-electron chi connectivity index (χ0n) is 10.8. The van der Waals surface area contributed by atoms with Gasteiger partial charge in [-0.3, -0.25) is 0 Å². The van der Waals surface area contributed by atoms with Gasteiger partial charge >= 0.3 is 17.1 Å². The summed E-state index contributed by atoms with van der Waals surface area (Å²) in [5.74, 6) is 0. The summed E-state index contributed by atoms with van der Waals surface area (Å²) in [6.45, 7) is 2.22. The van der Waals surface area contributed by atoms with E-state index >= 15 is 0 Å². The number of nitrogens with zero attached hydrogens (tertiary/aromatic N) is 1. The van der Waals surface area contributed by atoms with E-state index in [-0.39, 0.29) is 17.1 Å². The summed E-state index contributed by atoms with van der Waals surface area (Å²) in [7, 11) is 4.25. The predicted octanol–water partition coefficient (Wildman–Crippen LogP) is 3.82. The van der Waals surface area contributed by atoms with Crippen LogP contribution in [-0.2, 0) is 17.1 Å². The first-order valence-electron chi connectivity index (χ1n) is 5.80. The third-order valence-electron chi connectivity index (χ3n) is 2.64. The molecule has 2 rings (SSSR count). The third kappa shape index (κ3) is 5.88. The fourth-order valence-electron chi connectivity index (χ4n) is 1.83. The second kappa shape index (κ2) is 9.23. The molecule has 0 amide bonds. The minimum atomic E-state index is 0. The summed E-state index contributed by atoms with van der Waals surface area (Å²) >= 11 is 0. The van der Waals surface area contributed by atoms with Crippen LogP contribution < -0.4 is 0 Å². The molecule has 1 nitrogen and oxygen atoms in total. The fourth-order valence-corrected chi connectivity index (χ4v) is 1.83. The quantitative estimate of drug-likeness (QED) is 0.606. The van der Waals surface area contributed by atoms with Crippen molar-refractivity contribution in [2.45, 2.75) is 19.4 Å². The van der Waals surface area contributed by atoms with Crippen LogP contribution in [0.4, 0.5) is 0 Å². The molecular formula is C15H21FeN. The Morgan fingerprint density at radius 1 is 1.12 bits per heavy atom. The molecule has 0 aliphatic rings. The number of hydrogen-bond donors (Lipinski definition) is 0. The maximum atomic E-state index is 2.26. The number of hydrogen-bond acceptors (Lipinski definition) is 1. The summed E-state index contributed by atoms with van der Waals surface area (Å²) in [4.78, 5) is 2.26. The summed E-state index contributed by atoms with van der Waals surface area (Å²) in [6.07, 6.45) is 1.18. The monoisotopic (exact) mass is 271 g/mol. The second-order valence-electron chi connectivity index (χ2n) is 4.07. The van der Waals surface area contributed by atoms with Crippen molar-refractivity contribution in [1.82, 2.24) is 4.90 Å². The second-order valence-corrected chi connectivity index (χ2v) is 4.07. The van der Waals surface area contributed by atoms with Crippen molar-refractivity contribution in [2.75, 3.05) is 14.1 Å². The molecule has 0 aromatic heterocycles. The summed E-state index contributed by atoms with van der Waals surface area (Å²) in [5.41, 5.74) is 1.43. The molecule has 0 aliphatic heterocycles. The predicted molar refractivity (Wildman–Crippen MR) is 70.8 cm³/mol. The standard InChI is InChI=1S/C10H16N.C5H5.Fe/c1-4-10(11(2)3)9-7-5-6-8-9;1-2-4-5-3-1;/h5-8,10H,4H2,1-3H3;1-5H;/q2*-1;+2/t10-;;/m1../s1. The van der Waals surface area contributed by atoms with Crippen molar-refractivity contribution in [1.29, 1.82) is 0 Å². The Morgan fingerprint density at radius 3 is 2.06 bits per heavy atom. The molecule has 0 fully saturated rings. The van der Waals surface area contributed by atoms with Crippen LogP contribution in [0.25, 0.3) is 0 Å². The maximum Gasteiger partial charge on any atom is 2.00 e. The maximum absolute atomic E-state index is 2.26. The molecule has 0 bridgehead atoms. The van der Waals surface area contributed by atoms with Gasteiger partial charge in [0.2, 0.25) is 0 Å². The van der Waals surface area contributed by atoms with Gasteiger partial charge in [-0.2, -0.15) is 35.9 Å². The molecule has 0 radical (unpaired) electrons. The minimum absolute atomic E-state index is 0. The van der Waals surface area contributed by atoms with Gasteiger partial charge in [-0.15, -0.1) is 0 Å². The van der Waals surface area contributed by atoms with Gasteiger partial charge < -0.3 is 4.90 Å². The molecule has 2 heteroatoms. The first-order valence-corrected chi connectivity index (χ1v) is 5.80. The molecule has 0 N–H and O–H groups in total. The van der Waals surface area contributed by atoms with Crippen LogP contribution in [0.2, 0.25) is 0 Å². The smallest absolute Gasteiger partial charge is 0.305 e. The van der Waals surface area contributed by atoms with Gasteiger partial charge in [-0.1, -0.05) is 6.92 Å². The van der Waals surface area contributed by atoms with E-state index in [2.05, 4.69) is 50.2 Å². The van der Waals surface area contributed by atoms with Crippen LogP contribution in [-0.4, -0.2) is 19.0 Å². The Hall–Kier alpha value is -0.821. The molecule has 0 heterocycles. The zero-order valence-corrected chi connectivity index (χ0v) is 11.9. The van der Waals surface area contributed by atoms with E-state index in [1.807, 2.05) is 30.3 Å². The van der Waals surface area contributed by atoms with Crippen LogP contribution in [0.1, 0.15) is 24.9 Å². The van der Waals surface area contributed by atoms with Gasteiger partial charge in [-0.05, 0) is 20.5 Å². The topological polar surface area (TPSA) is 3.24 Å². The van der Waals surface area contributed by atoms with Gasteiger partial charge in [0.05, 0.1) is 0 Å². The van der Waals surface area contributed by atoms with Crippen molar-refractivity contribution in [3.05, 3.63) is 60.2 Å². The van der Waals surface area contributed by atoms with Gasteiger partial charge in [0.15, 0.2) is 0 Å². The molecule has 1 atom stereocenters.